The lowest BCUT2D eigenvalue weighted by molar-refractivity contribution is -0.125. The lowest BCUT2D eigenvalue weighted by Gasteiger charge is -2.32. The van der Waals surface area contributed by atoms with Gasteiger partial charge in [0.25, 0.3) is 0 Å². The molecule has 2 aromatic heterocycles. The summed E-state index contributed by atoms with van der Waals surface area (Å²) in [5.74, 6) is 2.40. The number of ether oxygens (including phenoxy) is 1. The normalized spacial score (nSPS) is 14.3. The number of anilines is 1. The Kier molecular flexibility index (Phi) is 6.81. The highest BCUT2D eigenvalue weighted by molar-refractivity contribution is 6.30. The van der Waals surface area contributed by atoms with E-state index in [9.17, 15) is 4.79 Å². The molecule has 0 unspecified atom stereocenters. The molecule has 35 heavy (non-hydrogen) atoms. The highest BCUT2D eigenvalue weighted by atomic mass is 35.5. The van der Waals surface area contributed by atoms with Crippen molar-refractivity contribution in [3.63, 3.8) is 0 Å². The van der Waals surface area contributed by atoms with E-state index in [4.69, 9.17) is 21.4 Å². The number of benzene rings is 2. The minimum Gasteiger partial charge on any atom is -0.494 e. The summed E-state index contributed by atoms with van der Waals surface area (Å²) < 4.78 is 7.42. The van der Waals surface area contributed by atoms with E-state index in [1.54, 1.807) is 4.52 Å². The van der Waals surface area contributed by atoms with Crippen molar-refractivity contribution in [1.82, 2.24) is 25.1 Å². The number of halogens is 1. The zero-order valence-electron chi connectivity index (χ0n) is 19.5. The van der Waals surface area contributed by atoms with Gasteiger partial charge in [0, 0.05) is 41.7 Å². The molecule has 0 atom stereocenters. The summed E-state index contributed by atoms with van der Waals surface area (Å²) in [6, 6.07) is 19.2. The number of hydrogen-bond donors (Lipinski definition) is 1. The fourth-order valence-corrected chi connectivity index (χ4v) is 4.50. The molecule has 180 valence electrons. The summed E-state index contributed by atoms with van der Waals surface area (Å²) in [4.78, 5) is 15.0. The maximum Gasteiger partial charge on any atom is 0.223 e. The number of rotatable bonds is 7. The molecule has 0 radical (unpaired) electrons. The number of fused-ring (bicyclic) bond motifs is 1. The Hall–Kier alpha value is -3.65. The molecule has 0 bridgehead atoms. The molecular formula is C26H27ClN6O2. The molecule has 1 saturated heterocycles. The SMILES string of the molecule is CCOc1ccccc1CNC(=O)C1CCN(c2ccc3nnc(-c4ccc(Cl)cc4)n3n2)CC1. The van der Waals surface area contributed by atoms with E-state index >= 15 is 0 Å². The van der Waals surface area contributed by atoms with Gasteiger partial charge in [-0.25, -0.2) is 0 Å². The fourth-order valence-electron chi connectivity index (χ4n) is 4.37. The van der Waals surface area contributed by atoms with Crippen LogP contribution < -0.4 is 15.0 Å². The van der Waals surface area contributed by atoms with Crippen LogP contribution in [0.4, 0.5) is 5.82 Å². The van der Waals surface area contributed by atoms with Gasteiger partial charge in [-0.1, -0.05) is 29.8 Å². The molecule has 1 aliphatic heterocycles. The van der Waals surface area contributed by atoms with Gasteiger partial charge in [-0.05, 0) is 62.2 Å². The number of carbonyl (C=O) groups excluding carboxylic acids is 1. The summed E-state index contributed by atoms with van der Waals surface area (Å²) in [5.41, 5.74) is 2.57. The first-order chi connectivity index (χ1) is 17.1. The highest BCUT2D eigenvalue weighted by Crippen LogP contribution is 2.25. The lowest BCUT2D eigenvalue weighted by atomic mass is 9.96. The van der Waals surface area contributed by atoms with Crippen molar-refractivity contribution in [1.29, 1.82) is 0 Å². The van der Waals surface area contributed by atoms with Crippen LogP contribution in [0.5, 0.6) is 5.75 Å². The second-order valence-corrected chi connectivity index (χ2v) is 8.95. The van der Waals surface area contributed by atoms with Crippen LogP contribution in [0, 0.1) is 5.92 Å². The highest BCUT2D eigenvalue weighted by Gasteiger charge is 2.26. The predicted octanol–water partition coefficient (Wildman–Crippen LogP) is 4.38. The number of amides is 1. The van der Waals surface area contributed by atoms with Crippen LogP contribution in [0.25, 0.3) is 17.0 Å². The van der Waals surface area contributed by atoms with Crippen molar-refractivity contribution in [3.05, 3.63) is 71.2 Å². The second kappa shape index (κ2) is 10.3. The first kappa shape index (κ1) is 23.1. The van der Waals surface area contributed by atoms with E-state index in [0.29, 0.717) is 29.6 Å². The van der Waals surface area contributed by atoms with Gasteiger partial charge in [-0.15, -0.1) is 15.3 Å². The summed E-state index contributed by atoms with van der Waals surface area (Å²) in [5, 5.41) is 17.1. The first-order valence-electron chi connectivity index (χ1n) is 11.8. The topological polar surface area (TPSA) is 84.6 Å². The van der Waals surface area contributed by atoms with Gasteiger partial charge in [0.15, 0.2) is 11.5 Å². The molecule has 5 rings (SSSR count). The van der Waals surface area contributed by atoms with Crippen molar-refractivity contribution in [3.8, 4) is 17.1 Å². The Labute approximate surface area is 208 Å². The van der Waals surface area contributed by atoms with Crippen molar-refractivity contribution < 1.29 is 9.53 Å². The van der Waals surface area contributed by atoms with Crippen LogP contribution in [-0.2, 0) is 11.3 Å². The summed E-state index contributed by atoms with van der Waals surface area (Å²) in [7, 11) is 0. The monoisotopic (exact) mass is 490 g/mol. The number of para-hydroxylation sites is 1. The molecule has 1 N–H and O–H groups in total. The third-order valence-electron chi connectivity index (χ3n) is 6.27. The molecule has 2 aromatic carbocycles. The molecule has 0 aliphatic carbocycles. The zero-order chi connectivity index (χ0) is 24.2. The minimum absolute atomic E-state index is 0.0197. The van der Waals surface area contributed by atoms with Gasteiger partial charge in [-0.2, -0.15) is 4.52 Å². The van der Waals surface area contributed by atoms with Crippen LogP contribution in [0.3, 0.4) is 0 Å². The number of carbonyl (C=O) groups is 1. The third kappa shape index (κ3) is 5.07. The van der Waals surface area contributed by atoms with Crippen LogP contribution in [0.15, 0.2) is 60.7 Å². The molecule has 1 amide bonds. The van der Waals surface area contributed by atoms with Crippen LogP contribution in [0.1, 0.15) is 25.3 Å². The minimum atomic E-state index is -0.0197. The number of nitrogens with zero attached hydrogens (tertiary/aromatic N) is 5. The van der Waals surface area contributed by atoms with Gasteiger partial charge < -0.3 is 15.0 Å². The molecule has 8 nitrogen and oxygen atoms in total. The summed E-state index contributed by atoms with van der Waals surface area (Å²) >= 11 is 6.02. The average Bonchev–Trinajstić information content (AvgIpc) is 3.32. The molecule has 1 aliphatic rings. The number of piperidine rings is 1. The Bertz CT molecular complexity index is 1320. The molecule has 0 spiro atoms. The largest absolute Gasteiger partial charge is 0.494 e. The predicted molar refractivity (Wildman–Crippen MR) is 136 cm³/mol. The number of nitrogens with one attached hydrogen (secondary N) is 1. The van der Waals surface area contributed by atoms with E-state index in [2.05, 4.69) is 20.4 Å². The maximum atomic E-state index is 12.8. The van der Waals surface area contributed by atoms with Gasteiger partial charge in [-0.3, -0.25) is 4.79 Å². The van der Waals surface area contributed by atoms with E-state index in [-0.39, 0.29) is 11.8 Å². The number of aromatic nitrogens is 4. The van der Waals surface area contributed by atoms with Crippen molar-refractivity contribution in [2.45, 2.75) is 26.3 Å². The average molecular weight is 491 g/mol. The summed E-state index contributed by atoms with van der Waals surface area (Å²) in [6.07, 6.45) is 1.54. The Morgan fingerprint density at radius 2 is 1.83 bits per heavy atom. The second-order valence-electron chi connectivity index (χ2n) is 8.51. The third-order valence-corrected chi connectivity index (χ3v) is 6.52. The van der Waals surface area contributed by atoms with Gasteiger partial charge in [0.05, 0.1) is 6.61 Å². The van der Waals surface area contributed by atoms with Crippen molar-refractivity contribution in [2.24, 2.45) is 5.92 Å². The first-order valence-corrected chi connectivity index (χ1v) is 12.2. The van der Waals surface area contributed by atoms with E-state index < -0.39 is 0 Å². The Morgan fingerprint density at radius 3 is 2.60 bits per heavy atom. The van der Waals surface area contributed by atoms with Gasteiger partial charge >= 0.3 is 0 Å². The van der Waals surface area contributed by atoms with Crippen molar-refractivity contribution in [2.75, 3.05) is 24.6 Å². The fraction of sp³-hybridized carbons (Fsp3) is 0.308. The Morgan fingerprint density at radius 1 is 1.06 bits per heavy atom. The maximum absolute atomic E-state index is 12.8. The smallest absolute Gasteiger partial charge is 0.223 e. The number of hydrogen-bond acceptors (Lipinski definition) is 6. The molecule has 1 fully saturated rings. The van der Waals surface area contributed by atoms with Crippen LogP contribution >= 0.6 is 11.6 Å². The van der Waals surface area contributed by atoms with E-state index in [0.717, 1.165) is 48.6 Å². The molecule has 4 aromatic rings. The summed E-state index contributed by atoms with van der Waals surface area (Å²) in [6.45, 7) is 4.53. The molecule has 3 heterocycles. The van der Waals surface area contributed by atoms with Crippen LogP contribution in [0.2, 0.25) is 5.02 Å². The standard InChI is InChI=1S/C26H27ClN6O2/c1-2-35-22-6-4-3-5-20(22)17-28-26(34)19-13-15-32(16-14-19)24-12-11-23-29-30-25(33(23)31-24)18-7-9-21(27)10-8-18/h3-12,19H,2,13-17H2,1H3,(H,28,34). The molecule has 0 saturated carbocycles. The quantitative estimate of drug-likeness (QED) is 0.414. The zero-order valence-corrected chi connectivity index (χ0v) is 20.3. The Balaban J connectivity index is 1.22. The van der Waals surface area contributed by atoms with Gasteiger partial charge in [0.2, 0.25) is 5.91 Å². The van der Waals surface area contributed by atoms with Crippen LogP contribution in [-0.4, -0.2) is 45.4 Å². The lowest BCUT2D eigenvalue weighted by Crippen LogP contribution is -2.40. The molecular weight excluding hydrogens is 464 g/mol. The van der Waals surface area contributed by atoms with Gasteiger partial charge in [0.1, 0.15) is 11.6 Å². The van der Waals surface area contributed by atoms with E-state index in [1.165, 1.54) is 0 Å². The van der Waals surface area contributed by atoms with E-state index in [1.807, 2.05) is 67.6 Å². The molecule has 9 heteroatoms. The van der Waals surface area contributed by atoms with Crippen molar-refractivity contribution >= 4 is 29.0 Å².